The van der Waals surface area contributed by atoms with Gasteiger partial charge in [0.15, 0.2) is 17.5 Å². The Kier molecular flexibility index (Phi) is 11.8. The molecule has 326 valence electrons. The molecule has 1 aliphatic heterocycles. The number of hydrogen-bond donors (Lipinski definition) is 5. The Bertz CT molecular complexity index is 2360. The van der Waals surface area contributed by atoms with Crippen molar-refractivity contribution in [2.45, 2.75) is 106 Å². The van der Waals surface area contributed by atoms with Crippen molar-refractivity contribution in [2.24, 2.45) is 16.7 Å². The quantitative estimate of drug-likeness (QED) is 0.111. The summed E-state index contributed by atoms with van der Waals surface area (Å²) in [6.07, 6.45) is -11.0. The van der Waals surface area contributed by atoms with Gasteiger partial charge in [-0.25, -0.2) is 22.7 Å². The van der Waals surface area contributed by atoms with Crippen molar-refractivity contribution >= 4 is 49.6 Å². The molecule has 3 fully saturated rings. The smallest absolute Gasteiger partial charge is 0.338 e. The van der Waals surface area contributed by atoms with Crippen molar-refractivity contribution in [1.29, 1.82) is 0 Å². The number of nitrogens with one attached hydrogen (secondary N) is 1. The lowest BCUT2D eigenvalue weighted by atomic mass is 9.44. The Morgan fingerprint density at radius 1 is 0.934 bits per heavy atom. The lowest BCUT2D eigenvalue weighted by Gasteiger charge is -2.67. The number of aliphatic hydroxyl groups excluding tert-OH is 3. The fraction of sp³-hybridized carbons (Fsp3) is 0.455. The van der Waals surface area contributed by atoms with Crippen LogP contribution in [0.2, 0.25) is 0 Å². The Labute approximate surface area is 361 Å². The van der Waals surface area contributed by atoms with Crippen LogP contribution in [0.15, 0.2) is 105 Å². The number of hydrogen-bond acceptors (Lipinski definition) is 14. The molecule has 2 bridgehead atoms. The summed E-state index contributed by atoms with van der Waals surface area (Å²) >= 11 is 3.27. The lowest BCUT2D eigenvalue weighted by molar-refractivity contribution is -0.346. The summed E-state index contributed by atoms with van der Waals surface area (Å²) < 4.78 is 54.4. The molecule has 0 amide bonds. The first kappa shape index (κ1) is 44.7. The molecule has 17 heteroatoms. The normalized spacial score (nSPS) is 32.7. The highest BCUT2D eigenvalue weighted by molar-refractivity contribution is 9.10. The Morgan fingerprint density at radius 3 is 2.11 bits per heavy atom. The van der Waals surface area contributed by atoms with Gasteiger partial charge in [-0.2, -0.15) is 0 Å². The van der Waals surface area contributed by atoms with E-state index in [1.165, 1.54) is 76.2 Å². The van der Waals surface area contributed by atoms with E-state index in [-0.39, 0.29) is 40.2 Å². The first-order chi connectivity index (χ1) is 28.6. The van der Waals surface area contributed by atoms with Gasteiger partial charge in [0, 0.05) is 29.7 Å². The zero-order valence-electron chi connectivity index (χ0n) is 34.0. The Balaban J connectivity index is 1.34. The molecule has 1 saturated heterocycles. The third-order valence-electron chi connectivity index (χ3n) is 13.3. The number of ketones is 1. The van der Waals surface area contributed by atoms with Crippen molar-refractivity contribution < 1.29 is 67.0 Å². The number of aliphatic hydroxyl groups is 4. The fourth-order valence-corrected chi connectivity index (χ4v) is 11.4. The molecule has 5 N–H and O–H groups in total. The van der Waals surface area contributed by atoms with Crippen LogP contribution in [0.4, 0.5) is 0 Å². The van der Waals surface area contributed by atoms with Crippen molar-refractivity contribution in [1.82, 2.24) is 4.72 Å². The van der Waals surface area contributed by atoms with E-state index in [2.05, 4.69) is 20.7 Å². The molecule has 11 atom stereocenters. The van der Waals surface area contributed by atoms with Crippen LogP contribution >= 0.6 is 15.9 Å². The average molecular weight is 927 g/mol. The second kappa shape index (κ2) is 16.1. The van der Waals surface area contributed by atoms with Gasteiger partial charge in [0.2, 0.25) is 10.0 Å². The minimum atomic E-state index is -4.36. The molecule has 0 spiro atoms. The maximum Gasteiger partial charge on any atom is 0.338 e. The summed E-state index contributed by atoms with van der Waals surface area (Å²) in [5.41, 5.74) is -7.60. The summed E-state index contributed by atoms with van der Waals surface area (Å²) in [5, 5.41) is 49.3. The molecule has 7 rings (SSSR count). The van der Waals surface area contributed by atoms with Crippen LogP contribution in [0.3, 0.4) is 0 Å². The number of esters is 3. The van der Waals surface area contributed by atoms with Crippen molar-refractivity contribution in [2.75, 3.05) is 6.61 Å². The molecule has 61 heavy (non-hydrogen) atoms. The molecule has 0 aromatic heterocycles. The highest BCUT2D eigenvalue weighted by atomic mass is 79.9. The van der Waals surface area contributed by atoms with Crippen LogP contribution in [0, 0.1) is 16.7 Å². The van der Waals surface area contributed by atoms with Gasteiger partial charge >= 0.3 is 17.9 Å². The van der Waals surface area contributed by atoms with E-state index in [0.29, 0.717) is 4.47 Å². The maximum atomic E-state index is 15.0. The molecular formula is C44H48BrNO14S. The van der Waals surface area contributed by atoms with Gasteiger partial charge in [-0.05, 0) is 67.0 Å². The van der Waals surface area contributed by atoms with E-state index < -0.39 is 111 Å². The molecular weight excluding hydrogens is 878 g/mol. The van der Waals surface area contributed by atoms with Crippen LogP contribution in [0.1, 0.15) is 69.4 Å². The minimum absolute atomic E-state index is 0.0599. The number of sulfonamides is 1. The van der Waals surface area contributed by atoms with Crippen molar-refractivity contribution in [3.8, 4) is 0 Å². The topological polar surface area (TPSA) is 232 Å². The largest absolute Gasteiger partial charge is 0.456 e. The van der Waals surface area contributed by atoms with E-state index in [1.807, 2.05) is 0 Å². The van der Waals surface area contributed by atoms with Gasteiger partial charge in [0.25, 0.3) is 0 Å². The predicted octanol–water partition coefficient (Wildman–Crippen LogP) is 3.48. The van der Waals surface area contributed by atoms with E-state index >= 15 is 0 Å². The lowest BCUT2D eigenvalue weighted by Crippen LogP contribution is -2.81. The van der Waals surface area contributed by atoms with Crippen LogP contribution in [0.25, 0.3) is 0 Å². The van der Waals surface area contributed by atoms with Crippen molar-refractivity contribution in [3.05, 3.63) is 112 Å². The van der Waals surface area contributed by atoms with Crippen LogP contribution in [-0.4, -0.2) is 107 Å². The van der Waals surface area contributed by atoms with Gasteiger partial charge in [-0.1, -0.05) is 78.3 Å². The minimum Gasteiger partial charge on any atom is -0.456 e. The number of carbonyl (C=O) groups excluding carboxylic acids is 4. The molecule has 3 aromatic carbocycles. The van der Waals surface area contributed by atoms with Crippen LogP contribution < -0.4 is 4.72 Å². The number of benzene rings is 3. The highest BCUT2D eigenvalue weighted by Gasteiger charge is 2.78. The third kappa shape index (κ3) is 7.35. The number of rotatable bonds is 10. The monoisotopic (exact) mass is 925 g/mol. The number of Topliss-reactive ketones (excluding diaryl/α,β-unsaturated/α-hetero) is 1. The molecule has 2 saturated carbocycles. The van der Waals surface area contributed by atoms with Gasteiger partial charge in [-0.15, -0.1) is 0 Å². The molecule has 0 radical (unpaired) electrons. The maximum absolute atomic E-state index is 15.0. The van der Waals surface area contributed by atoms with E-state index in [1.54, 1.807) is 36.4 Å². The second-order valence-corrected chi connectivity index (χ2v) is 19.6. The highest BCUT2D eigenvalue weighted by Crippen LogP contribution is 2.64. The summed E-state index contributed by atoms with van der Waals surface area (Å²) in [5.74, 6) is -5.56. The molecule has 15 nitrogen and oxygen atoms in total. The first-order valence-corrected chi connectivity index (χ1v) is 22.0. The number of ether oxygens (including phenoxy) is 4. The number of fused-ring (bicyclic) bond motifs is 5. The fourth-order valence-electron chi connectivity index (χ4n) is 9.94. The van der Waals surface area contributed by atoms with E-state index in [4.69, 9.17) is 18.9 Å². The average Bonchev–Trinajstić information content (AvgIpc) is 3.21. The molecule has 3 aromatic rings. The molecule has 1 heterocycles. The standard InChI is InChI=1S/C44H48BrNO14S/c1-23-29(58-40(53)35(50)33(25-12-8-6-9-13-25)46-61(55,56)28-18-16-27(45)17-19-28)21-44(54)38(59-39(52)26-14-10-7-11-15-26)36-42(5,37(51)34(49)32(23)41(44,3)4)30(48)20-31-43(36,22-57-31)60-24(2)47/h6-19,29-31,33-36,38,46,48-50,54H,20-22H2,1-5H3/t29-,30-,31+,33-,34+,35+,36-,38-,42+,43-,44+/m0/s1. The molecule has 0 unspecified atom stereocenters. The molecule has 4 aliphatic rings. The second-order valence-electron chi connectivity index (χ2n) is 17.0. The van der Waals surface area contributed by atoms with Gasteiger partial charge in [0.05, 0.1) is 40.5 Å². The zero-order chi connectivity index (χ0) is 44.4. The van der Waals surface area contributed by atoms with Crippen LogP contribution in [-0.2, 0) is 43.4 Å². The summed E-state index contributed by atoms with van der Waals surface area (Å²) in [6.45, 7) is 6.72. The summed E-state index contributed by atoms with van der Waals surface area (Å²) in [6, 6.07) is 19.7. The summed E-state index contributed by atoms with van der Waals surface area (Å²) in [7, 11) is -4.36. The summed E-state index contributed by atoms with van der Waals surface area (Å²) in [4.78, 5) is 56.1. The Morgan fingerprint density at radius 2 is 1.54 bits per heavy atom. The zero-order valence-corrected chi connectivity index (χ0v) is 36.4. The van der Waals surface area contributed by atoms with Crippen LogP contribution in [0.5, 0.6) is 0 Å². The predicted molar refractivity (Wildman–Crippen MR) is 219 cm³/mol. The van der Waals surface area contributed by atoms with E-state index in [9.17, 15) is 48.0 Å². The first-order valence-electron chi connectivity index (χ1n) is 19.7. The Hall–Kier alpha value is -4.33. The molecule has 3 aliphatic carbocycles. The van der Waals surface area contributed by atoms with Gasteiger partial charge in [-0.3, -0.25) is 9.59 Å². The van der Waals surface area contributed by atoms with Crippen molar-refractivity contribution in [3.63, 3.8) is 0 Å². The van der Waals surface area contributed by atoms with E-state index in [0.717, 1.165) is 6.92 Å². The van der Waals surface area contributed by atoms with Gasteiger partial charge < -0.3 is 39.4 Å². The van der Waals surface area contributed by atoms with Gasteiger partial charge in [0.1, 0.15) is 30.0 Å². The number of halogens is 1. The number of carbonyl (C=O) groups is 4. The third-order valence-corrected chi connectivity index (χ3v) is 15.3. The SMILES string of the molecule is CC(=O)O[C@@]12CO[C@@H]1C[C@H](O)[C@@]1(C)C(=O)[C@H](O)C3=C(C)[C@@H](OC(=O)[C@H](O)[C@@H](NS(=O)(=O)c4ccc(Br)cc4)c4ccccc4)C[C@@](O)([C@@H](OC(=O)c4ccccc4)[C@H]21)C3(C)C.